The maximum Gasteiger partial charge on any atom is 0.191 e. The molecule has 0 bridgehead atoms. The summed E-state index contributed by atoms with van der Waals surface area (Å²) in [6.07, 6.45) is 28.1. The van der Waals surface area contributed by atoms with Crippen LogP contribution in [0.25, 0.3) is 0 Å². The van der Waals surface area contributed by atoms with E-state index in [2.05, 4.69) is 72.9 Å². The largest absolute Gasteiger partial charge is 0.393 e. The molecule has 0 aromatic heterocycles. The third kappa shape index (κ3) is 11.9. The average Bonchev–Trinajstić information content (AvgIpc) is 3.70. The summed E-state index contributed by atoms with van der Waals surface area (Å²) in [6, 6.07) is 0. The van der Waals surface area contributed by atoms with Gasteiger partial charge in [0.1, 0.15) is 0 Å². The molecular formula is C54H88O6. The van der Waals surface area contributed by atoms with Crippen LogP contribution in [0.1, 0.15) is 184 Å². The van der Waals surface area contributed by atoms with E-state index in [9.17, 15) is 30.6 Å². The lowest BCUT2D eigenvalue weighted by molar-refractivity contribution is -0.155. The zero-order chi connectivity index (χ0) is 44.2. The van der Waals surface area contributed by atoms with Crippen LogP contribution in [0.3, 0.4) is 0 Å². The van der Waals surface area contributed by atoms with E-state index in [1.807, 2.05) is 19.9 Å². The van der Waals surface area contributed by atoms with Crippen molar-refractivity contribution >= 4 is 0 Å². The molecule has 0 saturated heterocycles. The van der Waals surface area contributed by atoms with Gasteiger partial charge >= 0.3 is 0 Å². The molecule has 0 spiro atoms. The molecule has 6 aliphatic carbocycles. The van der Waals surface area contributed by atoms with Crippen LogP contribution in [0.4, 0.5) is 0 Å². The SMILES string of the molecule is C=C1/C(=C\C=C2/CCC[C@]3(C)[C@@H]([C@H](C)CCCC(C)(C)O)CC[C@@H]23)C[C@@H](O)C[C@@H]1O.C=C1/C(=C\C=C2/CCC[C@]3(C)[C@@H]([C@H](C)CCCC(C)C)CC[C@@H]23)C[C@@H](O)CC1(O)O. The number of aliphatic hydroxyl groups is 6. The first-order valence-electron chi connectivity index (χ1n) is 24.4. The summed E-state index contributed by atoms with van der Waals surface area (Å²) >= 11 is 0. The van der Waals surface area contributed by atoms with Gasteiger partial charge in [-0.05, 0) is 166 Å². The summed E-state index contributed by atoms with van der Waals surface area (Å²) in [5.74, 6) is 3.14. The maximum atomic E-state index is 10.1. The summed E-state index contributed by atoms with van der Waals surface area (Å²) < 4.78 is 0. The van der Waals surface area contributed by atoms with Gasteiger partial charge in [-0.15, -0.1) is 0 Å². The number of fused-ring (bicyclic) bond motifs is 2. The molecular weight excluding hydrogens is 745 g/mol. The van der Waals surface area contributed by atoms with Crippen molar-refractivity contribution in [3.63, 3.8) is 0 Å². The number of hydrogen-bond donors (Lipinski definition) is 6. The van der Waals surface area contributed by atoms with Crippen molar-refractivity contribution in [1.29, 1.82) is 0 Å². The molecule has 60 heavy (non-hydrogen) atoms. The van der Waals surface area contributed by atoms with Crippen molar-refractivity contribution in [3.05, 3.63) is 70.9 Å². The predicted octanol–water partition coefficient (Wildman–Crippen LogP) is 11.6. The molecule has 0 amide bonds. The van der Waals surface area contributed by atoms with Crippen molar-refractivity contribution in [3.8, 4) is 0 Å². The fourth-order valence-corrected chi connectivity index (χ4v) is 13.5. The Balaban J connectivity index is 0.000000228. The van der Waals surface area contributed by atoms with Crippen molar-refractivity contribution in [2.24, 2.45) is 52.3 Å². The van der Waals surface area contributed by atoms with Gasteiger partial charge in [0.05, 0.1) is 23.9 Å². The second-order valence-corrected chi connectivity index (χ2v) is 22.5. The van der Waals surface area contributed by atoms with Crippen molar-refractivity contribution in [2.75, 3.05) is 0 Å². The van der Waals surface area contributed by atoms with Gasteiger partial charge in [-0.25, -0.2) is 0 Å². The van der Waals surface area contributed by atoms with E-state index in [1.165, 1.54) is 89.0 Å². The maximum absolute atomic E-state index is 10.1. The Morgan fingerprint density at radius 2 is 1.20 bits per heavy atom. The molecule has 0 aromatic rings. The molecule has 0 aliphatic heterocycles. The highest BCUT2D eigenvalue weighted by atomic mass is 16.5. The van der Waals surface area contributed by atoms with Gasteiger partial charge in [-0.1, -0.05) is 122 Å². The van der Waals surface area contributed by atoms with Crippen LogP contribution in [0.2, 0.25) is 0 Å². The highest BCUT2D eigenvalue weighted by Crippen LogP contribution is 2.61. The molecule has 6 N–H and O–H groups in total. The van der Waals surface area contributed by atoms with E-state index in [-0.39, 0.29) is 6.42 Å². The van der Waals surface area contributed by atoms with Gasteiger partial charge in [0.15, 0.2) is 5.79 Å². The lowest BCUT2D eigenvalue weighted by Crippen LogP contribution is -2.40. The first-order valence-corrected chi connectivity index (χ1v) is 24.4. The molecule has 0 heterocycles. The minimum atomic E-state index is -1.99. The molecule has 0 unspecified atom stereocenters. The van der Waals surface area contributed by atoms with Crippen LogP contribution in [-0.2, 0) is 0 Å². The van der Waals surface area contributed by atoms with Gasteiger partial charge < -0.3 is 30.6 Å². The molecule has 6 fully saturated rings. The number of rotatable bonds is 12. The molecule has 0 radical (unpaired) electrons. The normalized spacial score (nSPS) is 38.3. The average molecular weight is 833 g/mol. The highest BCUT2D eigenvalue weighted by Gasteiger charge is 2.52. The van der Waals surface area contributed by atoms with Gasteiger partial charge in [0.2, 0.25) is 0 Å². The van der Waals surface area contributed by atoms with Crippen LogP contribution < -0.4 is 0 Å². The van der Waals surface area contributed by atoms with E-state index in [1.54, 1.807) is 5.57 Å². The van der Waals surface area contributed by atoms with Crippen LogP contribution in [0.15, 0.2) is 70.9 Å². The first-order chi connectivity index (χ1) is 28.1. The minimum absolute atomic E-state index is 0.0587. The standard InChI is InChI=1S/2C27H44O3/c1-18(8-6-14-26(3,4)30)23-12-13-24-20(9-7-15-27(23,24)5)10-11-21-16-22(28)17-25(29)19(21)2;1-18(2)8-6-9-19(3)24-13-14-25-21(10-7-15-26(24,25)5)11-12-22-16-23(28)17-27(29,30)20(22)4/h10-11,18,22-25,28-30H,2,6-9,12-17H2,1,3-5H3;11-12,18-19,23-25,28-30H,4,6-10,13-17H2,1-3,5H3/b20-10+,21-11-;21-11+,22-12-/t18-,22-,23-,24+,25+,27-;19-,23-,24-,25+,26-/m11/s1. The fraction of sp³-hybridized carbons (Fsp3) is 0.778. The van der Waals surface area contributed by atoms with Crippen LogP contribution in [0.5, 0.6) is 0 Å². The van der Waals surface area contributed by atoms with Gasteiger partial charge in [0, 0.05) is 18.4 Å². The number of allylic oxidation sites excluding steroid dienone is 6. The third-order valence-corrected chi connectivity index (χ3v) is 16.9. The van der Waals surface area contributed by atoms with Crippen LogP contribution in [0, 0.1) is 52.3 Å². The Kier molecular flexibility index (Phi) is 16.7. The topological polar surface area (TPSA) is 121 Å². The molecule has 6 aliphatic rings. The summed E-state index contributed by atoms with van der Waals surface area (Å²) in [5.41, 5.74) is 6.19. The summed E-state index contributed by atoms with van der Waals surface area (Å²) in [6.45, 7) is 26.4. The molecule has 340 valence electrons. The van der Waals surface area contributed by atoms with E-state index in [4.69, 9.17) is 0 Å². The van der Waals surface area contributed by atoms with Crippen molar-refractivity contribution in [2.45, 2.75) is 214 Å². The van der Waals surface area contributed by atoms with Gasteiger partial charge in [0.25, 0.3) is 0 Å². The van der Waals surface area contributed by atoms with E-state index >= 15 is 0 Å². The first kappa shape index (κ1) is 49.2. The molecule has 0 aromatic carbocycles. The van der Waals surface area contributed by atoms with Crippen LogP contribution >= 0.6 is 0 Å². The molecule has 11 atom stereocenters. The van der Waals surface area contributed by atoms with E-state index in [0.717, 1.165) is 59.7 Å². The Morgan fingerprint density at radius 3 is 1.72 bits per heavy atom. The van der Waals surface area contributed by atoms with Gasteiger partial charge in [-0.3, -0.25) is 0 Å². The Hall–Kier alpha value is -1.80. The Bertz CT molecular complexity index is 1600. The smallest absolute Gasteiger partial charge is 0.191 e. The van der Waals surface area contributed by atoms with E-state index in [0.29, 0.717) is 53.4 Å². The fourth-order valence-electron chi connectivity index (χ4n) is 13.5. The quantitative estimate of drug-likeness (QED) is 0.109. The lowest BCUT2D eigenvalue weighted by Gasteiger charge is -2.44. The summed E-state index contributed by atoms with van der Waals surface area (Å²) in [5, 5.41) is 60.5. The molecule has 6 heteroatoms. The Labute approximate surface area is 366 Å². The third-order valence-electron chi connectivity index (χ3n) is 16.9. The number of aliphatic hydroxyl groups excluding tert-OH is 3. The zero-order valence-corrected chi connectivity index (χ0v) is 39.3. The predicted molar refractivity (Wildman–Crippen MR) is 248 cm³/mol. The minimum Gasteiger partial charge on any atom is -0.393 e. The number of hydrogen-bond acceptors (Lipinski definition) is 6. The molecule has 6 nitrogen and oxygen atoms in total. The summed E-state index contributed by atoms with van der Waals surface area (Å²) in [7, 11) is 0. The van der Waals surface area contributed by atoms with E-state index < -0.39 is 29.7 Å². The van der Waals surface area contributed by atoms with Crippen molar-refractivity contribution in [1.82, 2.24) is 0 Å². The second kappa shape index (κ2) is 20.4. The Morgan fingerprint density at radius 1 is 0.700 bits per heavy atom. The lowest BCUT2D eigenvalue weighted by atomic mass is 9.60. The second-order valence-electron chi connectivity index (χ2n) is 22.5. The highest BCUT2D eigenvalue weighted by molar-refractivity contribution is 5.41. The summed E-state index contributed by atoms with van der Waals surface area (Å²) in [4.78, 5) is 0. The monoisotopic (exact) mass is 833 g/mol. The van der Waals surface area contributed by atoms with Crippen LogP contribution in [-0.4, -0.2) is 60.3 Å². The van der Waals surface area contributed by atoms with Crippen molar-refractivity contribution < 1.29 is 30.6 Å². The van der Waals surface area contributed by atoms with Gasteiger partial charge in [-0.2, -0.15) is 0 Å². The molecule has 6 rings (SSSR count). The zero-order valence-electron chi connectivity index (χ0n) is 39.3. The molecule has 6 saturated carbocycles.